The van der Waals surface area contributed by atoms with Gasteiger partial charge < -0.3 is 0 Å². The third-order valence-corrected chi connectivity index (χ3v) is 4.66. The molecule has 0 saturated carbocycles. The summed E-state index contributed by atoms with van der Waals surface area (Å²) >= 11 is 0. The van der Waals surface area contributed by atoms with Crippen LogP contribution < -0.4 is 0 Å². The van der Waals surface area contributed by atoms with E-state index in [1.54, 1.807) is 19.2 Å². The lowest BCUT2D eigenvalue weighted by atomic mass is 10.1. The first-order valence-corrected chi connectivity index (χ1v) is 8.50. The molecule has 5 nitrogen and oxygen atoms in total. The molecular formula is C18H18F3N5. The maximum atomic E-state index is 13.3. The summed E-state index contributed by atoms with van der Waals surface area (Å²) in [5.74, 6) is 0. The molecule has 26 heavy (non-hydrogen) atoms. The van der Waals surface area contributed by atoms with Crippen LogP contribution in [0.1, 0.15) is 41.7 Å². The van der Waals surface area contributed by atoms with Gasteiger partial charge in [-0.3, -0.25) is 9.88 Å². The SMILES string of the molecule is Cc1cc(C(F)(F)F)n2nc([C@H]3CCCN3Cc3ccccn3)cc2n1. The standard InChI is InChI=1S/C18H18F3N5/c1-12-9-16(18(19,20)21)26-17(23-12)10-14(24-26)15-6-4-8-25(15)11-13-5-2-3-7-22-13/h2-3,5,7,9-10,15H,4,6,8,11H2,1H3/t15-/m1/s1. The van der Waals surface area contributed by atoms with Gasteiger partial charge in [-0.15, -0.1) is 0 Å². The predicted octanol–water partition coefficient (Wildman–Crippen LogP) is 3.79. The average molecular weight is 361 g/mol. The number of aryl methyl sites for hydroxylation is 1. The zero-order chi connectivity index (χ0) is 18.3. The van der Waals surface area contributed by atoms with Gasteiger partial charge >= 0.3 is 6.18 Å². The highest BCUT2D eigenvalue weighted by Crippen LogP contribution is 2.34. The van der Waals surface area contributed by atoms with Gasteiger partial charge in [-0.1, -0.05) is 6.07 Å². The van der Waals surface area contributed by atoms with E-state index in [1.165, 1.54) is 0 Å². The molecule has 8 heteroatoms. The van der Waals surface area contributed by atoms with E-state index in [4.69, 9.17) is 0 Å². The molecule has 1 atom stereocenters. The van der Waals surface area contributed by atoms with Gasteiger partial charge in [0, 0.05) is 24.5 Å². The number of pyridine rings is 1. The van der Waals surface area contributed by atoms with E-state index in [1.807, 2.05) is 18.2 Å². The van der Waals surface area contributed by atoms with Gasteiger partial charge in [0.2, 0.25) is 0 Å². The Balaban J connectivity index is 1.70. The molecule has 4 rings (SSSR count). The molecule has 3 aromatic rings. The molecule has 0 amide bonds. The molecule has 1 aliphatic heterocycles. The lowest BCUT2D eigenvalue weighted by Crippen LogP contribution is -2.23. The van der Waals surface area contributed by atoms with Gasteiger partial charge in [-0.05, 0) is 44.5 Å². The maximum absolute atomic E-state index is 13.3. The van der Waals surface area contributed by atoms with Gasteiger partial charge in [-0.25, -0.2) is 9.50 Å². The van der Waals surface area contributed by atoms with Crippen molar-refractivity contribution in [2.75, 3.05) is 6.54 Å². The van der Waals surface area contributed by atoms with Crippen LogP contribution in [0.15, 0.2) is 36.5 Å². The van der Waals surface area contributed by atoms with Crippen LogP contribution in [0.2, 0.25) is 0 Å². The molecule has 0 N–H and O–H groups in total. The number of likely N-dealkylation sites (tertiary alicyclic amines) is 1. The van der Waals surface area contributed by atoms with Crippen LogP contribution in [0.4, 0.5) is 13.2 Å². The Bertz CT molecular complexity index is 920. The first-order valence-electron chi connectivity index (χ1n) is 8.50. The van der Waals surface area contributed by atoms with Gasteiger partial charge in [0.25, 0.3) is 0 Å². The summed E-state index contributed by atoms with van der Waals surface area (Å²) < 4.78 is 40.9. The van der Waals surface area contributed by atoms with Gasteiger partial charge in [-0.2, -0.15) is 18.3 Å². The van der Waals surface area contributed by atoms with Crippen LogP contribution in [0.5, 0.6) is 0 Å². The molecule has 1 aliphatic rings. The second kappa shape index (κ2) is 6.35. The van der Waals surface area contributed by atoms with Gasteiger partial charge in [0.05, 0.1) is 17.4 Å². The number of aromatic nitrogens is 4. The topological polar surface area (TPSA) is 46.3 Å². The smallest absolute Gasteiger partial charge is 0.289 e. The minimum absolute atomic E-state index is 0.0277. The van der Waals surface area contributed by atoms with Crippen LogP contribution in [0.25, 0.3) is 5.65 Å². The zero-order valence-corrected chi connectivity index (χ0v) is 14.2. The lowest BCUT2D eigenvalue weighted by molar-refractivity contribution is -0.142. The summed E-state index contributed by atoms with van der Waals surface area (Å²) in [5, 5.41) is 4.27. The Morgan fingerprint density at radius 1 is 1.23 bits per heavy atom. The number of hydrogen-bond acceptors (Lipinski definition) is 4. The number of rotatable bonds is 3. The predicted molar refractivity (Wildman–Crippen MR) is 89.3 cm³/mol. The summed E-state index contributed by atoms with van der Waals surface area (Å²) in [6.45, 7) is 3.08. The molecule has 0 spiro atoms. The second-order valence-electron chi connectivity index (χ2n) is 6.57. The maximum Gasteiger partial charge on any atom is 0.433 e. The molecule has 4 heterocycles. The highest BCUT2D eigenvalue weighted by molar-refractivity contribution is 5.43. The minimum Gasteiger partial charge on any atom is -0.289 e. The van der Waals surface area contributed by atoms with Crippen LogP contribution in [-0.4, -0.2) is 31.0 Å². The van der Waals surface area contributed by atoms with Crippen molar-refractivity contribution in [3.63, 3.8) is 0 Å². The van der Waals surface area contributed by atoms with Gasteiger partial charge in [0.15, 0.2) is 5.65 Å². The Morgan fingerprint density at radius 3 is 2.81 bits per heavy atom. The quantitative estimate of drug-likeness (QED) is 0.712. The van der Waals surface area contributed by atoms with Gasteiger partial charge in [0.1, 0.15) is 5.69 Å². The normalized spacial score (nSPS) is 18.7. The first kappa shape index (κ1) is 17.0. The number of fused-ring (bicyclic) bond motifs is 1. The Hall–Kier alpha value is -2.48. The van der Waals surface area contributed by atoms with E-state index in [-0.39, 0.29) is 11.7 Å². The Morgan fingerprint density at radius 2 is 2.08 bits per heavy atom. The Labute approximate surface area is 148 Å². The number of alkyl halides is 3. The van der Waals surface area contributed by atoms with E-state index in [2.05, 4.69) is 20.0 Å². The molecular weight excluding hydrogens is 343 g/mol. The van der Waals surface area contributed by atoms with Crippen molar-refractivity contribution in [1.29, 1.82) is 0 Å². The van der Waals surface area contributed by atoms with Crippen molar-refractivity contribution in [1.82, 2.24) is 24.5 Å². The van der Waals surface area contributed by atoms with Crippen molar-refractivity contribution >= 4 is 5.65 Å². The fraction of sp³-hybridized carbons (Fsp3) is 0.389. The molecule has 1 fully saturated rings. The largest absolute Gasteiger partial charge is 0.433 e. The fourth-order valence-corrected chi connectivity index (χ4v) is 3.53. The summed E-state index contributed by atoms with van der Waals surface area (Å²) in [7, 11) is 0. The molecule has 0 aromatic carbocycles. The van der Waals surface area contributed by atoms with Crippen LogP contribution in [0, 0.1) is 6.92 Å². The third-order valence-electron chi connectivity index (χ3n) is 4.66. The first-order chi connectivity index (χ1) is 12.4. The fourth-order valence-electron chi connectivity index (χ4n) is 3.53. The molecule has 0 bridgehead atoms. The summed E-state index contributed by atoms with van der Waals surface area (Å²) in [5.41, 5.74) is 1.33. The van der Waals surface area contributed by atoms with Crippen molar-refractivity contribution < 1.29 is 13.2 Å². The van der Waals surface area contributed by atoms with E-state index < -0.39 is 11.9 Å². The monoisotopic (exact) mass is 361 g/mol. The van der Waals surface area contributed by atoms with E-state index in [9.17, 15) is 13.2 Å². The summed E-state index contributed by atoms with van der Waals surface area (Å²) in [6, 6.07) is 8.42. The number of nitrogens with zero attached hydrogens (tertiary/aromatic N) is 5. The summed E-state index contributed by atoms with van der Waals surface area (Å²) in [6.07, 6.45) is -0.896. The van der Waals surface area contributed by atoms with Crippen molar-refractivity contribution in [2.24, 2.45) is 0 Å². The Kier molecular flexibility index (Phi) is 4.14. The average Bonchev–Trinajstić information content (AvgIpc) is 3.20. The van der Waals surface area contributed by atoms with Crippen LogP contribution >= 0.6 is 0 Å². The molecule has 0 aliphatic carbocycles. The van der Waals surface area contributed by atoms with E-state index in [0.717, 1.165) is 35.7 Å². The number of halogens is 3. The van der Waals surface area contributed by atoms with E-state index >= 15 is 0 Å². The third kappa shape index (κ3) is 3.16. The molecule has 1 saturated heterocycles. The van der Waals surface area contributed by atoms with E-state index in [0.29, 0.717) is 17.9 Å². The van der Waals surface area contributed by atoms with Crippen molar-refractivity contribution in [3.8, 4) is 0 Å². The minimum atomic E-state index is -4.47. The zero-order valence-electron chi connectivity index (χ0n) is 14.2. The molecule has 0 unspecified atom stereocenters. The molecule has 3 aromatic heterocycles. The highest BCUT2D eigenvalue weighted by Gasteiger charge is 2.36. The molecule has 136 valence electrons. The van der Waals surface area contributed by atoms with Crippen LogP contribution in [-0.2, 0) is 12.7 Å². The summed E-state index contributed by atoms with van der Waals surface area (Å²) in [4.78, 5) is 10.8. The molecule has 0 radical (unpaired) electrons. The van der Waals surface area contributed by atoms with Crippen molar-refractivity contribution in [2.45, 2.75) is 38.5 Å². The second-order valence-corrected chi connectivity index (χ2v) is 6.57. The number of hydrogen-bond donors (Lipinski definition) is 0. The van der Waals surface area contributed by atoms with Crippen molar-refractivity contribution in [3.05, 3.63) is 59.3 Å². The highest BCUT2D eigenvalue weighted by atomic mass is 19.4. The lowest BCUT2D eigenvalue weighted by Gasteiger charge is -2.22. The van der Waals surface area contributed by atoms with Crippen LogP contribution in [0.3, 0.4) is 0 Å².